The van der Waals surface area contributed by atoms with Gasteiger partial charge in [-0.2, -0.15) is 0 Å². The fraction of sp³-hybridized carbons (Fsp3) is 0.310. The van der Waals surface area contributed by atoms with Crippen LogP contribution < -0.4 is 25.6 Å². The number of morpholine rings is 1. The minimum absolute atomic E-state index is 0.0625. The molecule has 0 bridgehead atoms. The second-order valence-corrected chi connectivity index (χ2v) is 10.7. The number of amides is 2. The lowest BCUT2D eigenvalue weighted by atomic mass is 10.1. The van der Waals surface area contributed by atoms with E-state index in [1.165, 1.54) is 40.9 Å². The average Bonchev–Trinajstić information content (AvgIpc) is 3.08. The number of rotatable bonds is 7. The van der Waals surface area contributed by atoms with Gasteiger partial charge in [0, 0.05) is 41.5 Å². The lowest BCUT2D eigenvalue weighted by Gasteiger charge is -2.28. The molecular formula is C29H29F3N4O4S. The number of carbonyl (C=O) groups excluding carboxylic acids is 2. The van der Waals surface area contributed by atoms with Crippen molar-refractivity contribution in [2.75, 3.05) is 41.9 Å². The Bertz CT molecular complexity index is 1380. The van der Waals surface area contributed by atoms with Gasteiger partial charge in [-0.3, -0.25) is 9.59 Å². The summed E-state index contributed by atoms with van der Waals surface area (Å²) < 4.78 is 46.9. The molecule has 2 aliphatic rings. The van der Waals surface area contributed by atoms with E-state index in [-0.39, 0.29) is 24.1 Å². The van der Waals surface area contributed by atoms with Crippen LogP contribution in [0.1, 0.15) is 21.5 Å². The van der Waals surface area contributed by atoms with E-state index in [1.54, 1.807) is 18.2 Å². The van der Waals surface area contributed by atoms with Crippen LogP contribution in [-0.2, 0) is 22.6 Å². The molecule has 1 saturated heterocycles. The molecule has 0 aromatic heterocycles. The monoisotopic (exact) mass is 586 g/mol. The summed E-state index contributed by atoms with van der Waals surface area (Å²) in [6.07, 6.45) is -4.80. The molecule has 1 fully saturated rings. The number of nitrogens with two attached hydrogens (primary N) is 1. The number of alkyl halides is 3. The van der Waals surface area contributed by atoms with Gasteiger partial charge in [-0.15, -0.1) is 24.9 Å². The average molecular weight is 587 g/mol. The Morgan fingerprint density at radius 1 is 1.02 bits per heavy atom. The van der Waals surface area contributed by atoms with Gasteiger partial charge in [0.05, 0.1) is 31.5 Å². The summed E-state index contributed by atoms with van der Waals surface area (Å²) in [6, 6.07) is 17.7. The van der Waals surface area contributed by atoms with E-state index in [0.717, 1.165) is 29.2 Å². The minimum Gasteiger partial charge on any atom is -0.406 e. The quantitative estimate of drug-likeness (QED) is 0.426. The normalized spacial score (nSPS) is 17.6. The highest BCUT2D eigenvalue weighted by molar-refractivity contribution is 7.99. The summed E-state index contributed by atoms with van der Waals surface area (Å²) in [6.45, 7) is 3.48. The SMILES string of the molecule is N[C@H]1CSc2ccc(C(=O)NCc3ccc(N4CCOCC4)cc3)cc2N(Cc2ccc(OC(F)(F)F)cc2)C1=O. The zero-order valence-corrected chi connectivity index (χ0v) is 22.8. The fourth-order valence-electron chi connectivity index (χ4n) is 4.63. The predicted molar refractivity (Wildman–Crippen MR) is 150 cm³/mol. The second-order valence-electron chi connectivity index (χ2n) is 9.66. The van der Waals surface area contributed by atoms with E-state index in [1.807, 2.05) is 24.3 Å². The third-order valence-corrected chi connectivity index (χ3v) is 7.96. The maximum absolute atomic E-state index is 13.2. The van der Waals surface area contributed by atoms with Gasteiger partial charge in [0.1, 0.15) is 5.75 Å². The first-order chi connectivity index (χ1) is 19.7. The molecule has 5 rings (SSSR count). The smallest absolute Gasteiger partial charge is 0.406 e. The maximum Gasteiger partial charge on any atom is 0.573 e. The van der Waals surface area contributed by atoms with Gasteiger partial charge in [-0.25, -0.2) is 0 Å². The molecule has 0 aliphatic carbocycles. The van der Waals surface area contributed by atoms with Crippen molar-refractivity contribution in [3.05, 3.63) is 83.4 Å². The first-order valence-corrected chi connectivity index (χ1v) is 14.0. The van der Waals surface area contributed by atoms with E-state index in [0.29, 0.717) is 42.3 Å². The summed E-state index contributed by atoms with van der Waals surface area (Å²) in [5, 5.41) is 2.93. The first kappa shape index (κ1) is 28.8. The molecule has 0 spiro atoms. The summed E-state index contributed by atoms with van der Waals surface area (Å²) in [4.78, 5) is 30.8. The van der Waals surface area contributed by atoms with Crippen LogP contribution in [0, 0.1) is 0 Å². The Kier molecular flexibility index (Phi) is 8.71. The molecule has 216 valence electrons. The molecule has 3 aromatic carbocycles. The zero-order chi connectivity index (χ0) is 29.0. The first-order valence-electron chi connectivity index (χ1n) is 13.0. The number of nitrogens with zero attached hydrogens (tertiary/aromatic N) is 2. The molecule has 2 heterocycles. The van der Waals surface area contributed by atoms with Gasteiger partial charge in [0.15, 0.2) is 0 Å². The number of thioether (sulfide) groups is 1. The van der Waals surface area contributed by atoms with Gasteiger partial charge >= 0.3 is 6.36 Å². The van der Waals surface area contributed by atoms with Gasteiger partial charge in [0.2, 0.25) is 5.91 Å². The standard InChI is InChI=1S/C29H29F3N4O4S/c30-29(31,32)40-23-8-3-20(4-9-23)17-36-25-15-21(5-10-26(25)41-18-24(33)28(36)38)27(37)34-16-19-1-6-22(7-2-19)35-11-13-39-14-12-35/h1-10,15,24H,11-14,16-18,33H2,(H,34,37)/t24-/m0/s1. The van der Waals surface area contributed by atoms with Crippen molar-refractivity contribution in [1.82, 2.24) is 5.32 Å². The summed E-state index contributed by atoms with van der Waals surface area (Å²) in [7, 11) is 0. The van der Waals surface area contributed by atoms with Gasteiger partial charge < -0.3 is 30.3 Å². The van der Waals surface area contributed by atoms with E-state index < -0.39 is 12.4 Å². The summed E-state index contributed by atoms with van der Waals surface area (Å²) in [5.41, 5.74) is 9.64. The van der Waals surface area contributed by atoms with Crippen LogP contribution in [0.2, 0.25) is 0 Å². The van der Waals surface area contributed by atoms with Crippen LogP contribution in [0.15, 0.2) is 71.6 Å². The number of hydrogen-bond donors (Lipinski definition) is 2. The number of nitrogens with one attached hydrogen (secondary N) is 1. The topological polar surface area (TPSA) is 97.1 Å². The third kappa shape index (κ3) is 7.32. The van der Waals surface area contributed by atoms with Crippen LogP contribution in [-0.4, -0.2) is 56.3 Å². The molecule has 3 aromatic rings. The van der Waals surface area contributed by atoms with Crippen LogP contribution in [0.4, 0.5) is 24.5 Å². The van der Waals surface area contributed by atoms with E-state index in [9.17, 15) is 22.8 Å². The third-order valence-electron chi connectivity index (χ3n) is 6.78. The number of carbonyl (C=O) groups is 2. The molecule has 41 heavy (non-hydrogen) atoms. The van der Waals surface area contributed by atoms with Crippen molar-refractivity contribution in [2.24, 2.45) is 5.73 Å². The Morgan fingerprint density at radius 2 is 1.71 bits per heavy atom. The zero-order valence-electron chi connectivity index (χ0n) is 22.0. The van der Waals surface area contributed by atoms with Crippen molar-refractivity contribution in [3.63, 3.8) is 0 Å². The number of ether oxygens (including phenoxy) is 2. The molecule has 3 N–H and O–H groups in total. The van der Waals surface area contributed by atoms with Crippen LogP contribution in [0.3, 0.4) is 0 Å². The van der Waals surface area contributed by atoms with Crippen molar-refractivity contribution in [2.45, 2.75) is 30.4 Å². The fourth-order valence-corrected chi connectivity index (χ4v) is 5.62. The molecular weight excluding hydrogens is 557 g/mol. The molecule has 0 saturated carbocycles. The van der Waals surface area contributed by atoms with Crippen LogP contribution >= 0.6 is 11.8 Å². The molecule has 2 amide bonds. The summed E-state index contributed by atoms with van der Waals surface area (Å²) in [5.74, 6) is -0.646. The van der Waals surface area contributed by atoms with Crippen molar-refractivity contribution >= 4 is 35.0 Å². The largest absolute Gasteiger partial charge is 0.573 e. The molecule has 8 nitrogen and oxygen atoms in total. The van der Waals surface area contributed by atoms with Crippen molar-refractivity contribution in [1.29, 1.82) is 0 Å². The van der Waals surface area contributed by atoms with E-state index in [2.05, 4.69) is 15.0 Å². The predicted octanol–water partition coefficient (Wildman–Crippen LogP) is 4.32. The highest BCUT2D eigenvalue weighted by atomic mass is 32.2. The lowest BCUT2D eigenvalue weighted by molar-refractivity contribution is -0.274. The van der Waals surface area contributed by atoms with Crippen molar-refractivity contribution in [3.8, 4) is 5.75 Å². The van der Waals surface area contributed by atoms with Gasteiger partial charge in [0.25, 0.3) is 5.91 Å². The molecule has 12 heteroatoms. The maximum atomic E-state index is 13.2. The molecule has 2 aliphatic heterocycles. The number of halogens is 3. The lowest BCUT2D eigenvalue weighted by Crippen LogP contribution is -2.44. The number of anilines is 2. The summed E-state index contributed by atoms with van der Waals surface area (Å²) >= 11 is 1.41. The highest BCUT2D eigenvalue weighted by Crippen LogP contribution is 2.36. The van der Waals surface area contributed by atoms with Gasteiger partial charge in [-0.1, -0.05) is 24.3 Å². The Hall–Kier alpha value is -3.74. The number of fused-ring (bicyclic) bond motifs is 1. The Labute approximate surface area is 239 Å². The number of benzene rings is 3. The van der Waals surface area contributed by atoms with E-state index in [4.69, 9.17) is 10.5 Å². The molecule has 1 atom stereocenters. The van der Waals surface area contributed by atoms with Crippen molar-refractivity contribution < 1.29 is 32.2 Å². The van der Waals surface area contributed by atoms with Crippen LogP contribution in [0.25, 0.3) is 0 Å². The number of hydrogen-bond acceptors (Lipinski definition) is 7. The van der Waals surface area contributed by atoms with E-state index >= 15 is 0 Å². The second kappa shape index (κ2) is 12.4. The van der Waals surface area contributed by atoms with Gasteiger partial charge in [-0.05, 0) is 53.6 Å². The highest BCUT2D eigenvalue weighted by Gasteiger charge is 2.32. The minimum atomic E-state index is -4.80. The Morgan fingerprint density at radius 3 is 2.39 bits per heavy atom. The molecule has 0 unspecified atom stereocenters. The van der Waals surface area contributed by atoms with Crippen LogP contribution in [0.5, 0.6) is 5.75 Å². The molecule has 0 radical (unpaired) electrons. The Balaban J connectivity index is 1.29.